The van der Waals surface area contributed by atoms with Gasteiger partial charge in [0.05, 0.1) is 11.9 Å². The van der Waals surface area contributed by atoms with E-state index in [0.717, 1.165) is 29.7 Å². The number of imidazole rings is 1. The maximum Gasteiger partial charge on any atom is 0.273 e. The van der Waals surface area contributed by atoms with E-state index in [1.165, 1.54) is 4.90 Å². The van der Waals surface area contributed by atoms with Gasteiger partial charge in [0.25, 0.3) is 11.8 Å². The third-order valence-corrected chi connectivity index (χ3v) is 6.28. The van der Waals surface area contributed by atoms with E-state index in [4.69, 9.17) is 4.98 Å². The van der Waals surface area contributed by atoms with Crippen LogP contribution >= 0.6 is 0 Å². The lowest BCUT2D eigenvalue weighted by Gasteiger charge is -2.31. The van der Waals surface area contributed by atoms with E-state index in [2.05, 4.69) is 9.97 Å². The molecule has 34 heavy (non-hydrogen) atoms. The lowest BCUT2D eigenvalue weighted by Crippen LogP contribution is -2.38. The SMILES string of the molecule is CN(C)C(=O)c1cnc(C2CCN(C(=O)c3c(-c4ccccc4)nc4ccccn34)CC2)cn1. The first-order valence-electron chi connectivity index (χ1n) is 11.4. The van der Waals surface area contributed by atoms with E-state index in [1.54, 1.807) is 26.5 Å². The number of carbonyl (C=O) groups excluding carboxylic acids is 2. The van der Waals surface area contributed by atoms with Crippen molar-refractivity contribution in [3.05, 3.63) is 84.2 Å². The number of amides is 2. The number of likely N-dealkylation sites (tertiary alicyclic amines) is 1. The Morgan fingerprint density at radius 3 is 2.35 bits per heavy atom. The van der Waals surface area contributed by atoms with E-state index < -0.39 is 0 Å². The summed E-state index contributed by atoms with van der Waals surface area (Å²) in [6.45, 7) is 1.25. The van der Waals surface area contributed by atoms with Crippen LogP contribution in [0.15, 0.2) is 67.1 Å². The number of carbonyl (C=O) groups is 2. The van der Waals surface area contributed by atoms with Crippen LogP contribution in [0, 0.1) is 0 Å². The molecule has 1 aromatic carbocycles. The molecule has 0 N–H and O–H groups in total. The van der Waals surface area contributed by atoms with Gasteiger partial charge in [-0.05, 0) is 25.0 Å². The second-order valence-corrected chi connectivity index (χ2v) is 8.70. The van der Waals surface area contributed by atoms with Crippen molar-refractivity contribution in [3.8, 4) is 11.3 Å². The van der Waals surface area contributed by atoms with Crippen LogP contribution in [0.3, 0.4) is 0 Å². The van der Waals surface area contributed by atoms with Gasteiger partial charge in [-0.3, -0.25) is 19.0 Å². The molecule has 0 spiro atoms. The van der Waals surface area contributed by atoms with Crippen LogP contribution in [-0.2, 0) is 0 Å². The molecule has 0 bridgehead atoms. The van der Waals surface area contributed by atoms with E-state index >= 15 is 0 Å². The Balaban J connectivity index is 1.35. The highest BCUT2D eigenvalue weighted by atomic mass is 16.2. The van der Waals surface area contributed by atoms with Gasteiger partial charge in [0.1, 0.15) is 22.7 Å². The number of nitrogens with zero attached hydrogens (tertiary/aromatic N) is 6. The highest BCUT2D eigenvalue weighted by Gasteiger charge is 2.29. The van der Waals surface area contributed by atoms with Gasteiger partial charge >= 0.3 is 0 Å². The van der Waals surface area contributed by atoms with Crippen molar-refractivity contribution >= 4 is 17.5 Å². The Labute approximate surface area is 197 Å². The van der Waals surface area contributed by atoms with Gasteiger partial charge in [-0.15, -0.1) is 0 Å². The molecule has 172 valence electrons. The first-order chi connectivity index (χ1) is 16.5. The molecule has 1 fully saturated rings. The summed E-state index contributed by atoms with van der Waals surface area (Å²) < 4.78 is 1.88. The van der Waals surface area contributed by atoms with Crippen LogP contribution < -0.4 is 0 Å². The molecule has 0 unspecified atom stereocenters. The number of hydrogen-bond donors (Lipinski definition) is 0. The number of fused-ring (bicyclic) bond motifs is 1. The van der Waals surface area contributed by atoms with E-state index in [0.29, 0.717) is 30.2 Å². The predicted octanol–water partition coefficient (Wildman–Crippen LogP) is 3.51. The fourth-order valence-electron chi connectivity index (χ4n) is 4.41. The average molecular weight is 455 g/mol. The van der Waals surface area contributed by atoms with Crippen molar-refractivity contribution in [2.24, 2.45) is 0 Å². The molecular weight excluding hydrogens is 428 g/mol. The van der Waals surface area contributed by atoms with Crippen LogP contribution in [0.4, 0.5) is 0 Å². The van der Waals surface area contributed by atoms with Gasteiger partial charge in [0.15, 0.2) is 0 Å². The van der Waals surface area contributed by atoms with Gasteiger partial charge in [0.2, 0.25) is 0 Å². The number of pyridine rings is 1. The molecular formula is C26H26N6O2. The quantitative estimate of drug-likeness (QED) is 0.471. The van der Waals surface area contributed by atoms with Crippen molar-refractivity contribution in [1.82, 2.24) is 29.2 Å². The Morgan fingerprint density at radius 2 is 1.68 bits per heavy atom. The summed E-state index contributed by atoms with van der Waals surface area (Å²) >= 11 is 0. The summed E-state index contributed by atoms with van der Waals surface area (Å²) in [5.74, 6) is 0.0200. The molecule has 0 radical (unpaired) electrons. The van der Waals surface area contributed by atoms with Crippen LogP contribution in [0.1, 0.15) is 45.4 Å². The van der Waals surface area contributed by atoms with Crippen molar-refractivity contribution in [3.63, 3.8) is 0 Å². The van der Waals surface area contributed by atoms with Gasteiger partial charge in [-0.1, -0.05) is 36.4 Å². The molecule has 0 atom stereocenters. The lowest BCUT2D eigenvalue weighted by molar-refractivity contribution is 0.0705. The van der Waals surface area contributed by atoms with Gasteiger partial charge in [-0.25, -0.2) is 9.97 Å². The second-order valence-electron chi connectivity index (χ2n) is 8.70. The molecule has 0 aliphatic carbocycles. The standard InChI is InChI=1S/C26H26N6O2/c1-30(2)25(33)21-17-27-20(16-28-21)18-11-14-31(15-12-18)26(34)24-23(19-8-4-3-5-9-19)29-22-10-6-7-13-32(22)24/h3-10,13,16-18H,11-12,14-15H2,1-2H3. The summed E-state index contributed by atoms with van der Waals surface area (Å²) in [6.07, 6.45) is 6.70. The Kier molecular flexibility index (Phi) is 5.79. The van der Waals surface area contributed by atoms with E-state index in [-0.39, 0.29) is 17.7 Å². The summed E-state index contributed by atoms with van der Waals surface area (Å²) in [6, 6.07) is 15.6. The molecule has 0 saturated carbocycles. The zero-order chi connectivity index (χ0) is 23.7. The van der Waals surface area contributed by atoms with Crippen molar-refractivity contribution < 1.29 is 9.59 Å². The maximum absolute atomic E-state index is 13.7. The summed E-state index contributed by atoms with van der Waals surface area (Å²) in [4.78, 5) is 42.7. The minimum absolute atomic E-state index is 0.0194. The highest BCUT2D eigenvalue weighted by molar-refractivity contribution is 5.99. The molecule has 2 amide bonds. The van der Waals surface area contributed by atoms with Crippen molar-refractivity contribution in [2.45, 2.75) is 18.8 Å². The molecule has 8 nitrogen and oxygen atoms in total. The van der Waals surface area contributed by atoms with Crippen molar-refractivity contribution in [1.29, 1.82) is 0 Å². The Bertz CT molecular complexity index is 1320. The highest BCUT2D eigenvalue weighted by Crippen LogP contribution is 2.30. The second kappa shape index (κ2) is 9.05. The third kappa shape index (κ3) is 4.03. The van der Waals surface area contributed by atoms with E-state index in [1.807, 2.05) is 64.0 Å². The monoisotopic (exact) mass is 454 g/mol. The molecule has 1 aliphatic heterocycles. The fraction of sp³-hybridized carbons (Fsp3) is 0.269. The van der Waals surface area contributed by atoms with Crippen LogP contribution in [0.2, 0.25) is 0 Å². The zero-order valence-electron chi connectivity index (χ0n) is 19.3. The summed E-state index contributed by atoms with van der Waals surface area (Å²) in [5.41, 5.74) is 4.16. The minimum atomic E-state index is -0.165. The van der Waals surface area contributed by atoms with Crippen molar-refractivity contribution in [2.75, 3.05) is 27.2 Å². The normalized spacial score (nSPS) is 14.4. The van der Waals surface area contributed by atoms with Crippen LogP contribution in [0.5, 0.6) is 0 Å². The first-order valence-corrected chi connectivity index (χ1v) is 11.4. The summed E-state index contributed by atoms with van der Waals surface area (Å²) in [5, 5.41) is 0. The molecule has 1 aliphatic rings. The molecule has 8 heteroatoms. The minimum Gasteiger partial charge on any atom is -0.343 e. The molecule has 3 aromatic heterocycles. The van der Waals surface area contributed by atoms with Gasteiger partial charge in [-0.2, -0.15) is 0 Å². The van der Waals surface area contributed by atoms with Crippen LogP contribution in [-0.4, -0.2) is 68.2 Å². The van der Waals surface area contributed by atoms with E-state index in [9.17, 15) is 9.59 Å². The molecule has 1 saturated heterocycles. The number of aromatic nitrogens is 4. The predicted molar refractivity (Wildman–Crippen MR) is 129 cm³/mol. The third-order valence-electron chi connectivity index (χ3n) is 6.28. The fourth-order valence-corrected chi connectivity index (χ4v) is 4.41. The molecule has 4 aromatic rings. The first kappa shape index (κ1) is 21.8. The zero-order valence-corrected chi connectivity index (χ0v) is 19.3. The van der Waals surface area contributed by atoms with Gasteiger partial charge < -0.3 is 9.80 Å². The number of rotatable bonds is 4. The number of benzene rings is 1. The Morgan fingerprint density at radius 1 is 0.941 bits per heavy atom. The smallest absolute Gasteiger partial charge is 0.273 e. The number of hydrogen-bond acceptors (Lipinski definition) is 5. The lowest BCUT2D eigenvalue weighted by atomic mass is 9.93. The van der Waals surface area contributed by atoms with Crippen LogP contribution in [0.25, 0.3) is 16.9 Å². The topological polar surface area (TPSA) is 83.7 Å². The largest absolute Gasteiger partial charge is 0.343 e. The maximum atomic E-state index is 13.7. The molecule has 5 rings (SSSR count). The number of piperidine rings is 1. The Hall–Kier alpha value is -4.07. The summed E-state index contributed by atoms with van der Waals surface area (Å²) in [7, 11) is 3.38. The average Bonchev–Trinajstić information content (AvgIpc) is 3.28. The van der Waals surface area contributed by atoms with Gasteiger partial charge in [0, 0.05) is 51.1 Å². The molecule has 4 heterocycles.